The van der Waals surface area contributed by atoms with Gasteiger partial charge in [0, 0.05) is 28.6 Å². The van der Waals surface area contributed by atoms with E-state index in [0.29, 0.717) is 0 Å². The third-order valence-corrected chi connectivity index (χ3v) is 3.79. The van der Waals surface area contributed by atoms with E-state index in [4.69, 9.17) is 0 Å². The summed E-state index contributed by atoms with van der Waals surface area (Å²) in [5.41, 5.74) is 2.16. The maximum atomic E-state index is 9.18. The Balaban J connectivity index is 2.26. The smallest absolute Gasteiger partial charge is 0.0758 e. The van der Waals surface area contributed by atoms with Crippen LogP contribution in [0.2, 0.25) is 0 Å². The maximum absolute atomic E-state index is 9.18. The summed E-state index contributed by atoms with van der Waals surface area (Å²) in [6, 6.07) is 8.25. The average molecular weight is 309 g/mol. The SMILES string of the molecule is CC[C@H](CO)NCc1ccc(Br)c2cccnc12. The fraction of sp³-hybridized carbons (Fsp3) is 0.357. The number of fused-ring (bicyclic) bond motifs is 1. The van der Waals surface area contributed by atoms with Crippen molar-refractivity contribution in [3.63, 3.8) is 0 Å². The van der Waals surface area contributed by atoms with E-state index in [1.54, 1.807) is 0 Å². The van der Waals surface area contributed by atoms with Crippen molar-refractivity contribution in [2.75, 3.05) is 6.61 Å². The van der Waals surface area contributed by atoms with Crippen LogP contribution in [0.4, 0.5) is 0 Å². The molecule has 0 bridgehead atoms. The van der Waals surface area contributed by atoms with E-state index >= 15 is 0 Å². The first kappa shape index (κ1) is 13.5. The van der Waals surface area contributed by atoms with Gasteiger partial charge in [-0.2, -0.15) is 0 Å². The number of aliphatic hydroxyl groups excluding tert-OH is 1. The highest BCUT2D eigenvalue weighted by Gasteiger charge is 2.08. The van der Waals surface area contributed by atoms with Crippen LogP contribution in [0.25, 0.3) is 10.9 Å². The molecule has 0 saturated heterocycles. The molecule has 0 radical (unpaired) electrons. The van der Waals surface area contributed by atoms with Crippen molar-refractivity contribution in [1.82, 2.24) is 10.3 Å². The van der Waals surface area contributed by atoms with E-state index in [2.05, 4.69) is 45.3 Å². The first-order valence-corrected chi connectivity index (χ1v) is 6.92. The molecule has 2 aromatic rings. The summed E-state index contributed by atoms with van der Waals surface area (Å²) in [4.78, 5) is 4.44. The van der Waals surface area contributed by atoms with Gasteiger partial charge in [0.1, 0.15) is 0 Å². The van der Waals surface area contributed by atoms with Crippen LogP contribution in [0.1, 0.15) is 18.9 Å². The Bertz CT molecular complexity index is 526. The highest BCUT2D eigenvalue weighted by molar-refractivity contribution is 9.10. The van der Waals surface area contributed by atoms with Crippen molar-refractivity contribution in [3.8, 4) is 0 Å². The van der Waals surface area contributed by atoms with Crippen molar-refractivity contribution >= 4 is 26.8 Å². The van der Waals surface area contributed by atoms with Crippen molar-refractivity contribution in [3.05, 3.63) is 40.5 Å². The second-order valence-electron chi connectivity index (χ2n) is 4.27. The van der Waals surface area contributed by atoms with Crippen molar-refractivity contribution in [2.45, 2.75) is 25.9 Å². The molecule has 3 nitrogen and oxygen atoms in total. The molecule has 2 N–H and O–H groups in total. The fourth-order valence-electron chi connectivity index (χ4n) is 1.93. The summed E-state index contributed by atoms with van der Waals surface area (Å²) in [7, 11) is 0. The molecular formula is C14H17BrN2O. The number of aromatic nitrogens is 1. The largest absolute Gasteiger partial charge is 0.395 e. The molecule has 1 aromatic heterocycles. The van der Waals surface area contributed by atoms with Crippen LogP contribution in [0.3, 0.4) is 0 Å². The lowest BCUT2D eigenvalue weighted by Crippen LogP contribution is -2.31. The fourth-order valence-corrected chi connectivity index (χ4v) is 2.38. The minimum atomic E-state index is 0.146. The molecule has 1 aromatic carbocycles. The lowest BCUT2D eigenvalue weighted by molar-refractivity contribution is 0.238. The molecule has 0 aliphatic rings. The van der Waals surface area contributed by atoms with Gasteiger partial charge in [0.05, 0.1) is 12.1 Å². The Kier molecular flexibility index (Phi) is 4.69. The van der Waals surface area contributed by atoms with Crippen LogP contribution in [-0.2, 0) is 6.54 Å². The number of rotatable bonds is 5. The van der Waals surface area contributed by atoms with E-state index in [-0.39, 0.29) is 12.6 Å². The zero-order valence-corrected chi connectivity index (χ0v) is 11.9. The predicted molar refractivity (Wildman–Crippen MR) is 77.4 cm³/mol. The molecular weight excluding hydrogens is 292 g/mol. The second-order valence-corrected chi connectivity index (χ2v) is 5.13. The first-order valence-electron chi connectivity index (χ1n) is 6.12. The summed E-state index contributed by atoms with van der Waals surface area (Å²) in [6.07, 6.45) is 2.72. The molecule has 0 saturated carbocycles. The number of aliphatic hydroxyl groups is 1. The molecule has 0 spiro atoms. The molecule has 0 unspecified atom stereocenters. The summed E-state index contributed by atoms with van der Waals surface area (Å²) < 4.78 is 1.06. The Morgan fingerprint density at radius 1 is 1.39 bits per heavy atom. The monoisotopic (exact) mass is 308 g/mol. The number of nitrogens with zero attached hydrogens (tertiary/aromatic N) is 1. The number of nitrogens with one attached hydrogen (secondary N) is 1. The Labute approximate surface area is 115 Å². The van der Waals surface area contributed by atoms with Crippen molar-refractivity contribution in [1.29, 1.82) is 0 Å². The lowest BCUT2D eigenvalue weighted by atomic mass is 10.1. The van der Waals surface area contributed by atoms with Crippen LogP contribution in [0, 0.1) is 0 Å². The van der Waals surface area contributed by atoms with E-state index in [1.807, 2.05) is 18.3 Å². The lowest BCUT2D eigenvalue weighted by Gasteiger charge is -2.15. The Morgan fingerprint density at radius 2 is 2.22 bits per heavy atom. The maximum Gasteiger partial charge on any atom is 0.0758 e. The van der Waals surface area contributed by atoms with Gasteiger partial charge in [0.15, 0.2) is 0 Å². The van der Waals surface area contributed by atoms with Crippen LogP contribution in [-0.4, -0.2) is 22.7 Å². The van der Waals surface area contributed by atoms with Gasteiger partial charge in [0.25, 0.3) is 0 Å². The molecule has 0 fully saturated rings. The van der Waals surface area contributed by atoms with Crippen LogP contribution in [0.5, 0.6) is 0 Å². The normalized spacial score (nSPS) is 12.8. The first-order chi connectivity index (χ1) is 8.76. The predicted octanol–water partition coefficient (Wildman–Crippen LogP) is 2.86. The number of hydrogen-bond donors (Lipinski definition) is 2. The van der Waals surface area contributed by atoms with E-state index in [0.717, 1.165) is 33.9 Å². The van der Waals surface area contributed by atoms with E-state index < -0.39 is 0 Å². The molecule has 0 amide bonds. The summed E-state index contributed by atoms with van der Waals surface area (Å²) >= 11 is 3.54. The van der Waals surface area contributed by atoms with Gasteiger partial charge >= 0.3 is 0 Å². The van der Waals surface area contributed by atoms with Gasteiger partial charge in [-0.05, 0) is 24.1 Å². The molecule has 2 rings (SSSR count). The van der Waals surface area contributed by atoms with Gasteiger partial charge in [-0.15, -0.1) is 0 Å². The van der Waals surface area contributed by atoms with Gasteiger partial charge in [-0.3, -0.25) is 4.98 Å². The Morgan fingerprint density at radius 3 is 2.94 bits per heavy atom. The second kappa shape index (κ2) is 6.27. The number of hydrogen-bond acceptors (Lipinski definition) is 3. The molecule has 4 heteroatoms. The highest BCUT2D eigenvalue weighted by Crippen LogP contribution is 2.25. The van der Waals surface area contributed by atoms with Crippen LogP contribution < -0.4 is 5.32 Å². The molecule has 96 valence electrons. The number of benzene rings is 1. The summed E-state index contributed by atoms with van der Waals surface area (Å²) in [6.45, 7) is 2.95. The van der Waals surface area contributed by atoms with E-state index in [1.165, 1.54) is 0 Å². The molecule has 0 aliphatic carbocycles. The van der Waals surface area contributed by atoms with Gasteiger partial charge < -0.3 is 10.4 Å². The van der Waals surface area contributed by atoms with Gasteiger partial charge in [-0.25, -0.2) is 0 Å². The van der Waals surface area contributed by atoms with Crippen LogP contribution >= 0.6 is 15.9 Å². The summed E-state index contributed by atoms with van der Waals surface area (Å²) in [5, 5.41) is 13.6. The van der Waals surface area contributed by atoms with Crippen molar-refractivity contribution in [2.24, 2.45) is 0 Å². The standard InChI is InChI=1S/C14H17BrN2O/c1-2-11(9-18)17-8-10-5-6-13(15)12-4-3-7-16-14(10)12/h3-7,11,17-18H,2,8-9H2,1H3/t11-/m1/s1. The number of pyridine rings is 1. The van der Waals surface area contributed by atoms with Gasteiger partial charge in [0.2, 0.25) is 0 Å². The number of halogens is 1. The summed E-state index contributed by atoms with van der Waals surface area (Å²) in [5.74, 6) is 0. The molecule has 1 heterocycles. The quantitative estimate of drug-likeness (QED) is 0.893. The van der Waals surface area contributed by atoms with E-state index in [9.17, 15) is 5.11 Å². The minimum absolute atomic E-state index is 0.146. The molecule has 18 heavy (non-hydrogen) atoms. The molecule has 0 aliphatic heterocycles. The zero-order chi connectivity index (χ0) is 13.0. The van der Waals surface area contributed by atoms with Crippen molar-refractivity contribution < 1.29 is 5.11 Å². The van der Waals surface area contributed by atoms with Crippen LogP contribution in [0.15, 0.2) is 34.9 Å². The topological polar surface area (TPSA) is 45.1 Å². The third-order valence-electron chi connectivity index (χ3n) is 3.09. The Hall–Kier alpha value is -0.970. The zero-order valence-electron chi connectivity index (χ0n) is 10.4. The van der Waals surface area contributed by atoms with Gasteiger partial charge in [-0.1, -0.05) is 35.0 Å². The molecule has 1 atom stereocenters. The average Bonchev–Trinajstić information content (AvgIpc) is 2.42. The third kappa shape index (κ3) is 2.88. The minimum Gasteiger partial charge on any atom is -0.395 e. The highest BCUT2D eigenvalue weighted by atomic mass is 79.9.